The second kappa shape index (κ2) is 9.03. The largest absolute Gasteiger partial charge is 0.484 e. The highest BCUT2D eigenvalue weighted by Crippen LogP contribution is 2.17. The smallest absolute Gasteiger partial charge is 0.305 e. The number of hydrogen-bond acceptors (Lipinski definition) is 5. The number of nitrogens with two attached hydrogens (primary N) is 1. The third kappa shape index (κ3) is 6.07. The summed E-state index contributed by atoms with van der Waals surface area (Å²) in [7, 11) is 0. The molecule has 0 aromatic heterocycles. The summed E-state index contributed by atoms with van der Waals surface area (Å²) in [5, 5.41) is 8.89. The van der Waals surface area contributed by atoms with Gasteiger partial charge in [0.05, 0.1) is 12.5 Å². The van der Waals surface area contributed by atoms with Crippen LogP contribution in [0.15, 0.2) is 24.3 Å². The van der Waals surface area contributed by atoms with Crippen LogP contribution in [-0.4, -0.2) is 60.2 Å². The van der Waals surface area contributed by atoms with Crippen molar-refractivity contribution in [2.75, 3.05) is 26.3 Å². The van der Waals surface area contributed by atoms with E-state index in [4.69, 9.17) is 20.3 Å². The minimum absolute atomic E-state index is 0.0593. The SMILES string of the molecule is NC(=O)COc1ccc(C(=O)N(CCC(=O)O)CC2CCCO2)cc1. The summed E-state index contributed by atoms with van der Waals surface area (Å²) in [5.74, 6) is -1.39. The van der Waals surface area contributed by atoms with Gasteiger partial charge in [-0.05, 0) is 37.1 Å². The van der Waals surface area contributed by atoms with Crippen molar-refractivity contribution in [1.29, 1.82) is 0 Å². The molecule has 1 heterocycles. The van der Waals surface area contributed by atoms with Gasteiger partial charge in [0.15, 0.2) is 6.61 Å². The van der Waals surface area contributed by atoms with E-state index in [1.807, 2.05) is 0 Å². The van der Waals surface area contributed by atoms with Crippen LogP contribution in [0.1, 0.15) is 29.6 Å². The second-order valence-corrected chi connectivity index (χ2v) is 5.81. The summed E-state index contributed by atoms with van der Waals surface area (Å²) < 4.78 is 10.7. The lowest BCUT2D eigenvalue weighted by Gasteiger charge is -2.25. The van der Waals surface area contributed by atoms with Gasteiger partial charge in [-0.15, -0.1) is 0 Å². The maximum absolute atomic E-state index is 12.7. The van der Waals surface area contributed by atoms with Crippen molar-refractivity contribution in [3.63, 3.8) is 0 Å². The number of carboxylic acids is 1. The lowest BCUT2D eigenvalue weighted by molar-refractivity contribution is -0.137. The summed E-state index contributed by atoms with van der Waals surface area (Å²) in [4.78, 5) is 35.7. The third-order valence-corrected chi connectivity index (χ3v) is 3.81. The van der Waals surface area contributed by atoms with Gasteiger partial charge in [-0.2, -0.15) is 0 Å². The van der Waals surface area contributed by atoms with Crippen LogP contribution in [0.25, 0.3) is 0 Å². The zero-order chi connectivity index (χ0) is 18.2. The summed E-state index contributed by atoms with van der Waals surface area (Å²) in [6.07, 6.45) is 1.61. The monoisotopic (exact) mass is 350 g/mol. The predicted molar refractivity (Wildman–Crippen MR) is 88.3 cm³/mol. The maximum atomic E-state index is 12.7. The topological polar surface area (TPSA) is 119 Å². The van der Waals surface area contributed by atoms with Crippen LogP contribution in [0.3, 0.4) is 0 Å². The van der Waals surface area contributed by atoms with Crippen molar-refractivity contribution in [1.82, 2.24) is 4.90 Å². The molecule has 1 saturated heterocycles. The van der Waals surface area contributed by atoms with Gasteiger partial charge in [-0.25, -0.2) is 0 Å². The van der Waals surface area contributed by atoms with E-state index in [0.29, 0.717) is 24.5 Å². The lowest BCUT2D eigenvalue weighted by atomic mass is 10.1. The molecule has 0 aliphatic carbocycles. The van der Waals surface area contributed by atoms with Crippen LogP contribution in [0.5, 0.6) is 5.75 Å². The lowest BCUT2D eigenvalue weighted by Crippen LogP contribution is -2.38. The number of carboxylic acid groups (broad SMARTS) is 1. The summed E-state index contributed by atoms with van der Waals surface area (Å²) in [5.41, 5.74) is 5.42. The van der Waals surface area contributed by atoms with Gasteiger partial charge in [0.2, 0.25) is 0 Å². The molecule has 2 rings (SSSR count). The highest BCUT2D eigenvalue weighted by Gasteiger charge is 2.24. The van der Waals surface area contributed by atoms with E-state index in [1.54, 1.807) is 24.3 Å². The zero-order valence-corrected chi connectivity index (χ0v) is 13.8. The summed E-state index contributed by atoms with van der Waals surface area (Å²) in [6.45, 7) is 0.911. The predicted octanol–water partition coefficient (Wildman–Crippen LogP) is 0.647. The molecule has 1 unspecified atom stereocenters. The molecule has 8 heteroatoms. The molecule has 1 atom stereocenters. The van der Waals surface area contributed by atoms with Crippen LogP contribution in [0.4, 0.5) is 0 Å². The van der Waals surface area contributed by atoms with Crippen molar-refractivity contribution >= 4 is 17.8 Å². The van der Waals surface area contributed by atoms with E-state index < -0.39 is 11.9 Å². The Labute approximate surface area is 145 Å². The number of ether oxygens (including phenoxy) is 2. The highest BCUT2D eigenvalue weighted by molar-refractivity contribution is 5.94. The molecular weight excluding hydrogens is 328 g/mol. The van der Waals surface area contributed by atoms with E-state index in [1.165, 1.54) is 4.90 Å². The highest BCUT2D eigenvalue weighted by atomic mass is 16.5. The number of hydrogen-bond donors (Lipinski definition) is 2. The first-order valence-electron chi connectivity index (χ1n) is 8.09. The van der Waals surface area contributed by atoms with Gasteiger partial charge >= 0.3 is 5.97 Å². The molecule has 1 fully saturated rings. The van der Waals surface area contributed by atoms with Gasteiger partial charge in [0.25, 0.3) is 11.8 Å². The quantitative estimate of drug-likeness (QED) is 0.675. The van der Waals surface area contributed by atoms with Crippen molar-refractivity contribution in [3.8, 4) is 5.75 Å². The minimum Gasteiger partial charge on any atom is -0.484 e. The molecule has 1 aromatic rings. The number of amides is 2. The van der Waals surface area contributed by atoms with E-state index in [-0.39, 0.29) is 31.6 Å². The molecular formula is C17H22N2O6. The molecule has 0 bridgehead atoms. The van der Waals surface area contributed by atoms with E-state index >= 15 is 0 Å². The van der Waals surface area contributed by atoms with E-state index in [0.717, 1.165) is 12.8 Å². The maximum Gasteiger partial charge on any atom is 0.305 e. The number of nitrogens with zero attached hydrogens (tertiary/aromatic N) is 1. The molecule has 136 valence electrons. The van der Waals surface area contributed by atoms with Gasteiger partial charge < -0.3 is 25.2 Å². The molecule has 2 amide bonds. The van der Waals surface area contributed by atoms with Crippen LogP contribution < -0.4 is 10.5 Å². The third-order valence-electron chi connectivity index (χ3n) is 3.81. The number of carbonyl (C=O) groups is 3. The number of rotatable bonds is 9. The fraction of sp³-hybridized carbons (Fsp3) is 0.471. The minimum atomic E-state index is -0.958. The van der Waals surface area contributed by atoms with Crippen molar-refractivity contribution < 1.29 is 29.0 Å². The van der Waals surface area contributed by atoms with E-state index in [2.05, 4.69) is 0 Å². The zero-order valence-electron chi connectivity index (χ0n) is 13.8. The molecule has 3 N–H and O–H groups in total. The van der Waals surface area contributed by atoms with Crippen molar-refractivity contribution in [3.05, 3.63) is 29.8 Å². The molecule has 0 spiro atoms. The number of benzene rings is 1. The Morgan fingerprint density at radius 3 is 2.56 bits per heavy atom. The average Bonchev–Trinajstić information content (AvgIpc) is 3.09. The molecule has 1 aromatic carbocycles. The van der Waals surface area contributed by atoms with Gasteiger partial charge in [0.1, 0.15) is 5.75 Å². The number of carbonyl (C=O) groups excluding carboxylic acids is 2. The fourth-order valence-electron chi connectivity index (χ4n) is 2.57. The molecule has 1 aliphatic rings. The first-order valence-corrected chi connectivity index (χ1v) is 8.09. The molecule has 0 radical (unpaired) electrons. The van der Waals surface area contributed by atoms with E-state index in [9.17, 15) is 14.4 Å². The van der Waals surface area contributed by atoms with Crippen LogP contribution in [0.2, 0.25) is 0 Å². The van der Waals surface area contributed by atoms with Crippen LogP contribution in [0, 0.1) is 0 Å². The Morgan fingerprint density at radius 2 is 2.00 bits per heavy atom. The first-order chi connectivity index (χ1) is 12.0. The van der Waals surface area contributed by atoms with Crippen molar-refractivity contribution in [2.45, 2.75) is 25.4 Å². The Balaban J connectivity index is 2.02. The van der Waals surface area contributed by atoms with Gasteiger partial charge in [0, 0.05) is 25.3 Å². The molecule has 25 heavy (non-hydrogen) atoms. The number of primary amides is 1. The second-order valence-electron chi connectivity index (χ2n) is 5.81. The molecule has 1 aliphatic heterocycles. The molecule has 8 nitrogen and oxygen atoms in total. The summed E-state index contributed by atoms with van der Waals surface area (Å²) >= 11 is 0. The molecule has 0 saturated carbocycles. The van der Waals surface area contributed by atoms with Gasteiger partial charge in [-0.3, -0.25) is 14.4 Å². The average molecular weight is 350 g/mol. The number of aliphatic carboxylic acids is 1. The Bertz CT molecular complexity index is 610. The standard InChI is InChI=1S/C17H22N2O6/c18-15(20)11-25-13-5-3-12(4-6-13)17(23)19(8-7-16(21)22)10-14-2-1-9-24-14/h3-6,14H,1-2,7-11H2,(H2,18,20)(H,21,22). The van der Waals surface area contributed by atoms with Crippen LogP contribution in [-0.2, 0) is 14.3 Å². The Hall–Kier alpha value is -2.61. The Morgan fingerprint density at radius 1 is 1.28 bits per heavy atom. The normalized spacial score (nSPS) is 16.4. The summed E-state index contributed by atoms with van der Waals surface area (Å²) in [6, 6.07) is 6.28. The van der Waals surface area contributed by atoms with Crippen LogP contribution >= 0.6 is 0 Å². The van der Waals surface area contributed by atoms with Gasteiger partial charge in [-0.1, -0.05) is 0 Å². The fourth-order valence-corrected chi connectivity index (χ4v) is 2.57. The first kappa shape index (κ1) is 18.7. The Kier molecular flexibility index (Phi) is 6.76. The van der Waals surface area contributed by atoms with Crippen molar-refractivity contribution in [2.24, 2.45) is 5.73 Å².